The molecular weight excluding hydrogens is 340 g/mol. The maximum Gasteiger partial charge on any atom is 0.242 e. The minimum Gasteiger partial charge on any atom is -0.354 e. The van der Waals surface area contributed by atoms with Gasteiger partial charge in [0.2, 0.25) is 11.8 Å². The van der Waals surface area contributed by atoms with Crippen LogP contribution < -0.4 is 5.32 Å². The van der Waals surface area contributed by atoms with Crippen LogP contribution in [0, 0.1) is 0 Å². The Kier molecular flexibility index (Phi) is 7.24. The van der Waals surface area contributed by atoms with Crippen LogP contribution in [0.5, 0.6) is 0 Å². The molecule has 2 aliphatic heterocycles. The van der Waals surface area contributed by atoms with Crippen LogP contribution in [-0.2, 0) is 16.1 Å². The molecule has 0 aliphatic carbocycles. The molecule has 27 heavy (non-hydrogen) atoms. The predicted molar refractivity (Wildman–Crippen MR) is 106 cm³/mol. The second-order valence-electron chi connectivity index (χ2n) is 7.62. The van der Waals surface area contributed by atoms with Crippen molar-refractivity contribution in [1.82, 2.24) is 20.0 Å². The summed E-state index contributed by atoms with van der Waals surface area (Å²) in [6.07, 6.45) is 2.66. The van der Waals surface area contributed by atoms with Crippen molar-refractivity contribution in [3.8, 4) is 0 Å². The molecule has 2 aliphatic rings. The first kappa shape index (κ1) is 19.8. The molecule has 0 radical (unpaired) electrons. The van der Waals surface area contributed by atoms with Crippen LogP contribution in [-0.4, -0.2) is 78.4 Å². The molecule has 6 nitrogen and oxygen atoms in total. The zero-order valence-electron chi connectivity index (χ0n) is 16.4. The number of carbonyl (C=O) groups is 2. The van der Waals surface area contributed by atoms with Gasteiger partial charge in [-0.2, -0.15) is 0 Å². The van der Waals surface area contributed by atoms with E-state index in [1.165, 1.54) is 5.56 Å². The van der Waals surface area contributed by atoms with E-state index in [9.17, 15) is 9.59 Å². The Labute approximate surface area is 162 Å². The van der Waals surface area contributed by atoms with Gasteiger partial charge in [-0.3, -0.25) is 14.5 Å². The molecule has 1 aromatic carbocycles. The van der Waals surface area contributed by atoms with Crippen molar-refractivity contribution in [2.75, 3.05) is 45.8 Å². The summed E-state index contributed by atoms with van der Waals surface area (Å²) in [6, 6.07) is 10.4. The quantitative estimate of drug-likeness (QED) is 0.734. The molecule has 0 bridgehead atoms. The molecular formula is C21H32N4O2. The van der Waals surface area contributed by atoms with Crippen LogP contribution in [0.25, 0.3) is 0 Å². The molecule has 2 heterocycles. The molecule has 0 saturated carbocycles. The van der Waals surface area contributed by atoms with Gasteiger partial charge in [-0.05, 0) is 31.4 Å². The van der Waals surface area contributed by atoms with Crippen LogP contribution in [0.15, 0.2) is 30.3 Å². The molecule has 2 fully saturated rings. The Bertz CT molecular complexity index is 614. The third kappa shape index (κ3) is 5.78. The van der Waals surface area contributed by atoms with Gasteiger partial charge in [-0.25, -0.2) is 0 Å². The van der Waals surface area contributed by atoms with Crippen LogP contribution >= 0.6 is 0 Å². The SMILES string of the molecule is CC(=O)N1CCCC1C(=O)NCCCN1CCN(Cc2ccccc2)CC1. The van der Waals surface area contributed by atoms with Crippen molar-refractivity contribution >= 4 is 11.8 Å². The van der Waals surface area contributed by atoms with Gasteiger partial charge >= 0.3 is 0 Å². The van der Waals surface area contributed by atoms with Crippen LogP contribution in [0.1, 0.15) is 31.7 Å². The summed E-state index contributed by atoms with van der Waals surface area (Å²) in [7, 11) is 0. The number of hydrogen-bond donors (Lipinski definition) is 1. The van der Waals surface area contributed by atoms with Gasteiger partial charge < -0.3 is 15.1 Å². The van der Waals surface area contributed by atoms with E-state index in [4.69, 9.17) is 0 Å². The third-order valence-corrected chi connectivity index (χ3v) is 5.62. The van der Waals surface area contributed by atoms with Crippen molar-refractivity contribution < 1.29 is 9.59 Å². The molecule has 0 aromatic heterocycles. The van der Waals surface area contributed by atoms with Crippen LogP contribution in [0.4, 0.5) is 0 Å². The number of benzene rings is 1. The Morgan fingerprint density at radius 1 is 1.04 bits per heavy atom. The van der Waals surface area contributed by atoms with E-state index >= 15 is 0 Å². The van der Waals surface area contributed by atoms with E-state index in [-0.39, 0.29) is 17.9 Å². The fraction of sp³-hybridized carbons (Fsp3) is 0.619. The Morgan fingerprint density at radius 2 is 1.74 bits per heavy atom. The van der Waals surface area contributed by atoms with Gasteiger partial charge in [0.1, 0.15) is 6.04 Å². The smallest absolute Gasteiger partial charge is 0.242 e. The largest absolute Gasteiger partial charge is 0.354 e. The van der Waals surface area contributed by atoms with Gasteiger partial charge in [0.05, 0.1) is 0 Å². The zero-order chi connectivity index (χ0) is 19.1. The topological polar surface area (TPSA) is 55.9 Å². The lowest BCUT2D eigenvalue weighted by Crippen LogP contribution is -2.47. The number of nitrogens with zero attached hydrogens (tertiary/aromatic N) is 3. The highest BCUT2D eigenvalue weighted by Gasteiger charge is 2.31. The highest BCUT2D eigenvalue weighted by molar-refractivity contribution is 5.87. The minimum absolute atomic E-state index is 0.000948. The molecule has 2 saturated heterocycles. The molecule has 1 aromatic rings. The van der Waals surface area contributed by atoms with Gasteiger partial charge in [-0.1, -0.05) is 30.3 Å². The van der Waals surface area contributed by atoms with Gasteiger partial charge in [0.15, 0.2) is 0 Å². The molecule has 6 heteroatoms. The standard InChI is InChI=1S/C21H32N4O2/c1-18(26)25-12-5-9-20(25)21(27)22-10-6-11-23-13-15-24(16-14-23)17-19-7-3-2-4-8-19/h2-4,7-8,20H,5-6,9-17H2,1H3,(H,22,27). The minimum atomic E-state index is -0.260. The summed E-state index contributed by atoms with van der Waals surface area (Å²) in [5.41, 5.74) is 1.38. The molecule has 2 amide bonds. The predicted octanol–water partition coefficient (Wildman–Crippen LogP) is 1.32. The van der Waals surface area contributed by atoms with Crippen molar-refractivity contribution in [2.24, 2.45) is 0 Å². The fourth-order valence-electron chi connectivity index (χ4n) is 4.06. The summed E-state index contributed by atoms with van der Waals surface area (Å²) in [5.74, 6) is 0.0106. The van der Waals surface area contributed by atoms with Crippen molar-refractivity contribution in [3.63, 3.8) is 0 Å². The van der Waals surface area contributed by atoms with E-state index in [0.29, 0.717) is 13.1 Å². The Morgan fingerprint density at radius 3 is 2.44 bits per heavy atom. The number of hydrogen-bond acceptors (Lipinski definition) is 4. The second kappa shape index (κ2) is 9.85. The Hall–Kier alpha value is -1.92. The number of likely N-dealkylation sites (tertiary alicyclic amines) is 1. The second-order valence-corrected chi connectivity index (χ2v) is 7.62. The van der Waals surface area contributed by atoms with Gasteiger partial charge in [0.25, 0.3) is 0 Å². The fourth-order valence-corrected chi connectivity index (χ4v) is 4.06. The van der Waals surface area contributed by atoms with E-state index in [1.54, 1.807) is 11.8 Å². The van der Waals surface area contributed by atoms with Gasteiger partial charge in [-0.15, -0.1) is 0 Å². The Balaban J connectivity index is 1.29. The summed E-state index contributed by atoms with van der Waals surface area (Å²) in [6.45, 7) is 9.34. The molecule has 1 unspecified atom stereocenters. The number of rotatable bonds is 7. The lowest BCUT2D eigenvalue weighted by molar-refractivity contribution is -0.136. The molecule has 148 valence electrons. The number of amides is 2. The maximum absolute atomic E-state index is 12.3. The lowest BCUT2D eigenvalue weighted by Gasteiger charge is -2.34. The van der Waals surface area contributed by atoms with E-state index in [0.717, 1.165) is 58.5 Å². The highest BCUT2D eigenvalue weighted by Crippen LogP contribution is 2.17. The number of piperazine rings is 1. The average Bonchev–Trinajstić information content (AvgIpc) is 3.17. The van der Waals surface area contributed by atoms with E-state index in [1.807, 2.05) is 0 Å². The summed E-state index contributed by atoms with van der Waals surface area (Å²) in [4.78, 5) is 30.6. The number of nitrogens with one attached hydrogen (secondary N) is 1. The summed E-state index contributed by atoms with van der Waals surface area (Å²) < 4.78 is 0. The molecule has 3 rings (SSSR count). The monoisotopic (exact) mass is 372 g/mol. The van der Waals surface area contributed by atoms with E-state index in [2.05, 4.69) is 45.4 Å². The number of carbonyl (C=O) groups excluding carboxylic acids is 2. The van der Waals surface area contributed by atoms with E-state index < -0.39 is 0 Å². The lowest BCUT2D eigenvalue weighted by atomic mass is 10.2. The molecule has 1 N–H and O–H groups in total. The first-order chi connectivity index (χ1) is 13.1. The van der Waals surface area contributed by atoms with Gasteiger partial charge in [0, 0.05) is 52.7 Å². The highest BCUT2D eigenvalue weighted by atomic mass is 16.2. The summed E-state index contributed by atoms with van der Waals surface area (Å²) >= 11 is 0. The summed E-state index contributed by atoms with van der Waals surface area (Å²) in [5, 5.41) is 3.02. The van der Waals surface area contributed by atoms with Crippen molar-refractivity contribution in [3.05, 3.63) is 35.9 Å². The van der Waals surface area contributed by atoms with Crippen molar-refractivity contribution in [1.29, 1.82) is 0 Å². The first-order valence-electron chi connectivity index (χ1n) is 10.2. The first-order valence-corrected chi connectivity index (χ1v) is 10.2. The van der Waals surface area contributed by atoms with Crippen LogP contribution in [0.2, 0.25) is 0 Å². The zero-order valence-corrected chi connectivity index (χ0v) is 16.4. The van der Waals surface area contributed by atoms with Crippen LogP contribution in [0.3, 0.4) is 0 Å². The van der Waals surface area contributed by atoms with Crippen molar-refractivity contribution in [2.45, 2.75) is 38.8 Å². The average molecular weight is 373 g/mol. The molecule has 0 spiro atoms. The third-order valence-electron chi connectivity index (χ3n) is 5.62. The normalized spacial score (nSPS) is 21.4. The maximum atomic E-state index is 12.3. The molecule has 1 atom stereocenters.